The molecule has 0 atom stereocenters. The molecule has 7 heteroatoms. The van der Waals surface area contributed by atoms with Gasteiger partial charge in [0.2, 0.25) is 0 Å². The third kappa shape index (κ3) is 3.92. The molecule has 1 aromatic carbocycles. The van der Waals surface area contributed by atoms with Crippen LogP contribution < -0.4 is 0 Å². The number of nitrogens with zero attached hydrogens (tertiary/aromatic N) is 2. The summed E-state index contributed by atoms with van der Waals surface area (Å²) in [4.78, 5) is 15.1. The predicted octanol–water partition coefficient (Wildman–Crippen LogP) is 4.21. The molecule has 1 fully saturated rings. The van der Waals surface area contributed by atoms with Crippen LogP contribution in [0.15, 0.2) is 24.3 Å². The predicted molar refractivity (Wildman–Crippen MR) is 103 cm³/mol. The summed E-state index contributed by atoms with van der Waals surface area (Å²) in [5.41, 5.74) is 3.79. The molecule has 1 amide bonds. The Morgan fingerprint density at radius 1 is 1.14 bits per heavy atom. The molecule has 1 aliphatic carbocycles. The lowest BCUT2D eigenvalue weighted by Gasteiger charge is -2.28. The molecular weight excluding hydrogens is 381 g/mol. The first kappa shape index (κ1) is 20.0. The van der Waals surface area contributed by atoms with Crippen LogP contribution in [0.5, 0.6) is 0 Å². The van der Waals surface area contributed by atoms with Crippen molar-refractivity contribution in [2.24, 2.45) is 0 Å². The minimum atomic E-state index is -4.38. The first-order chi connectivity index (χ1) is 13.9. The summed E-state index contributed by atoms with van der Waals surface area (Å²) >= 11 is 0. The number of amides is 1. The second-order valence-corrected chi connectivity index (χ2v) is 7.79. The normalized spacial score (nSPS) is 17.3. The topological polar surface area (TPSA) is 34.5 Å². The van der Waals surface area contributed by atoms with Crippen molar-refractivity contribution in [1.29, 1.82) is 0 Å². The summed E-state index contributed by atoms with van der Waals surface area (Å²) in [5.74, 6) is -0.0489. The van der Waals surface area contributed by atoms with Crippen molar-refractivity contribution in [1.82, 2.24) is 9.47 Å². The number of hydrogen-bond donors (Lipinski definition) is 0. The summed E-state index contributed by atoms with van der Waals surface area (Å²) in [6.07, 6.45) is -0.503. The lowest BCUT2D eigenvalue weighted by Crippen LogP contribution is -2.41. The maximum absolute atomic E-state index is 13.3. The second-order valence-electron chi connectivity index (χ2n) is 7.79. The van der Waals surface area contributed by atoms with Gasteiger partial charge in [0.1, 0.15) is 5.69 Å². The standard InChI is InChI=1S/C22H25F3N2O2/c1-15-18-7-2-3-8-19(18)27(20(15)21(28)26-9-11-29-12-10-26)14-16-5-4-6-17(13-16)22(23,24)25/h4-6,13H,2-3,7-12,14H2,1H3. The number of carbonyl (C=O) groups is 1. The van der Waals surface area contributed by atoms with E-state index in [1.165, 1.54) is 17.7 Å². The largest absolute Gasteiger partial charge is 0.416 e. The molecule has 2 aliphatic rings. The van der Waals surface area contributed by atoms with Crippen LogP contribution in [0.1, 0.15) is 51.3 Å². The van der Waals surface area contributed by atoms with Crippen molar-refractivity contribution in [2.45, 2.75) is 45.3 Å². The number of alkyl halides is 3. The van der Waals surface area contributed by atoms with Gasteiger partial charge in [-0.1, -0.05) is 12.1 Å². The maximum Gasteiger partial charge on any atom is 0.416 e. The van der Waals surface area contributed by atoms with Gasteiger partial charge in [0.25, 0.3) is 5.91 Å². The average Bonchev–Trinajstić information content (AvgIpc) is 3.00. The van der Waals surface area contributed by atoms with Crippen LogP contribution in [-0.4, -0.2) is 41.7 Å². The van der Waals surface area contributed by atoms with E-state index in [1.54, 1.807) is 11.0 Å². The Kier molecular flexibility index (Phi) is 5.42. The van der Waals surface area contributed by atoms with Gasteiger partial charge in [-0.3, -0.25) is 4.79 Å². The number of carbonyl (C=O) groups excluding carboxylic acids is 1. The van der Waals surface area contributed by atoms with Crippen LogP contribution in [0.2, 0.25) is 0 Å². The molecule has 0 N–H and O–H groups in total. The molecule has 0 radical (unpaired) electrons. The zero-order chi connectivity index (χ0) is 20.6. The fraction of sp³-hybridized carbons (Fsp3) is 0.500. The van der Waals surface area contributed by atoms with Gasteiger partial charge in [0.15, 0.2) is 0 Å². The SMILES string of the molecule is Cc1c2c(n(Cc3cccc(C(F)(F)F)c3)c1C(=O)N1CCOCC1)CCCC2. The van der Waals surface area contributed by atoms with Gasteiger partial charge in [-0.05, 0) is 61.4 Å². The quantitative estimate of drug-likeness (QED) is 0.765. The molecule has 156 valence electrons. The zero-order valence-corrected chi connectivity index (χ0v) is 16.5. The van der Waals surface area contributed by atoms with Crippen molar-refractivity contribution in [2.75, 3.05) is 26.3 Å². The number of rotatable bonds is 3. The Labute approximate surface area is 168 Å². The smallest absolute Gasteiger partial charge is 0.378 e. The second kappa shape index (κ2) is 7.86. The van der Waals surface area contributed by atoms with Gasteiger partial charge in [-0.2, -0.15) is 13.2 Å². The summed E-state index contributed by atoms with van der Waals surface area (Å²) in [7, 11) is 0. The van der Waals surface area contributed by atoms with Crippen LogP contribution in [0.4, 0.5) is 13.2 Å². The highest BCUT2D eigenvalue weighted by atomic mass is 19.4. The van der Waals surface area contributed by atoms with E-state index in [-0.39, 0.29) is 12.5 Å². The Morgan fingerprint density at radius 2 is 1.86 bits per heavy atom. The molecule has 0 spiro atoms. The first-order valence-corrected chi connectivity index (χ1v) is 10.1. The molecular formula is C22H25F3N2O2. The van der Waals surface area contributed by atoms with Crippen molar-refractivity contribution >= 4 is 5.91 Å². The Morgan fingerprint density at radius 3 is 2.59 bits per heavy atom. The van der Waals surface area contributed by atoms with E-state index in [9.17, 15) is 18.0 Å². The van der Waals surface area contributed by atoms with Crippen LogP contribution in [0.3, 0.4) is 0 Å². The highest BCUT2D eigenvalue weighted by Gasteiger charge is 2.32. The lowest BCUT2D eigenvalue weighted by molar-refractivity contribution is -0.137. The number of benzene rings is 1. The zero-order valence-electron chi connectivity index (χ0n) is 16.5. The summed E-state index contributed by atoms with van der Waals surface area (Å²) < 4.78 is 46.8. The van der Waals surface area contributed by atoms with E-state index < -0.39 is 11.7 Å². The van der Waals surface area contributed by atoms with E-state index in [1.807, 2.05) is 11.5 Å². The number of morpholine rings is 1. The van der Waals surface area contributed by atoms with Crippen molar-refractivity contribution in [3.63, 3.8) is 0 Å². The summed E-state index contributed by atoms with van der Waals surface area (Å²) in [5, 5.41) is 0. The van der Waals surface area contributed by atoms with E-state index in [0.29, 0.717) is 37.6 Å². The molecule has 4 nitrogen and oxygen atoms in total. The molecule has 1 aromatic heterocycles. The van der Waals surface area contributed by atoms with Crippen LogP contribution in [0.25, 0.3) is 0 Å². The molecule has 4 rings (SSSR count). The monoisotopic (exact) mass is 406 g/mol. The Balaban J connectivity index is 1.75. The van der Waals surface area contributed by atoms with E-state index in [0.717, 1.165) is 43.0 Å². The summed E-state index contributed by atoms with van der Waals surface area (Å²) in [6.45, 7) is 4.35. The molecule has 0 saturated carbocycles. The van der Waals surface area contributed by atoms with Gasteiger partial charge in [-0.25, -0.2) is 0 Å². The molecule has 0 unspecified atom stereocenters. The van der Waals surface area contributed by atoms with Crippen LogP contribution >= 0.6 is 0 Å². The molecule has 29 heavy (non-hydrogen) atoms. The molecule has 0 bridgehead atoms. The number of fused-ring (bicyclic) bond motifs is 1. The number of ether oxygens (including phenoxy) is 1. The summed E-state index contributed by atoms with van der Waals surface area (Å²) in [6, 6.07) is 5.40. The van der Waals surface area contributed by atoms with Crippen molar-refractivity contribution < 1.29 is 22.7 Å². The average molecular weight is 406 g/mol. The van der Waals surface area contributed by atoms with Crippen LogP contribution in [-0.2, 0) is 30.3 Å². The Hall–Kier alpha value is -2.28. The van der Waals surface area contributed by atoms with E-state index in [4.69, 9.17) is 4.74 Å². The minimum Gasteiger partial charge on any atom is -0.378 e. The number of hydrogen-bond acceptors (Lipinski definition) is 2. The fourth-order valence-electron chi connectivity index (χ4n) is 4.47. The molecule has 1 saturated heterocycles. The lowest BCUT2D eigenvalue weighted by atomic mass is 9.95. The highest BCUT2D eigenvalue weighted by Crippen LogP contribution is 2.33. The fourth-order valence-corrected chi connectivity index (χ4v) is 4.47. The third-order valence-electron chi connectivity index (χ3n) is 5.94. The van der Waals surface area contributed by atoms with Gasteiger partial charge in [0.05, 0.1) is 18.8 Å². The van der Waals surface area contributed by atoms with Gasteiger partial charge >= 0.3 is 6.18 Å². The molecule has 1 aliphatic heterocycles. The minimum absolute atomic E-state index is 0.0489. The first-order valence-electron chi connectivity index (χ1n) is 10.1. The Bertz CT molecular complexity index is 912. The molecule has 2 heterocycles. The van der Waals surface area contributed by atoms with E-state index in [2.05, 4.69) is 0 Å². The van der Waals surface area contributed by atoms with Gasteiger partial charge < -0.3 is 14.2 Å². The highest BCUT2D eigenvalue weighted by molar-refractivity contribution is 5.95. The van der Waals surface area contributed by atoms with Crippen molar-refractivity contribution in [3.8, 4) is 0 Å². The molecule has 2 aromatic rings. The maximum atomic E-state index is 13.3. The number of aromatic nitrogens is 1. The van der Waals surface area contributed by atoms with Gasteiger partial charge in [-0.15, -0.1) is 0 Å². The van der Waals surface area contributed by atoms with E-state index >= 15 is 0 Å². The van der Waals surface area contributed by atoms with Gasteiger partial charge in [0, 0.05) is 25.3 Å². The number of halogens is 3. The van der Waals surface area contributed by atoms with Crippen molar-refractivity contribution in [3.05, 3.63) is 57.9 Å². The van der Waals surface area contributed by atoms with Crippen LogP contribution in [0, 0.1) is 6.92 Å². The third-order valence-corrected chi connectivity index (χ3v) is 5.94.